The predicted octanol–water partition coefficient (Wildman–Crippen LogP) is 1.06. The normalized spacial score (nSPS) is 12.9. The third-order valence-corrected chi connectivity index (χ3v) is 3.02. The fourth-order valence-corrected chi connectivity index (χ4v) is 1.53. The van der Waals surface area contributed by atoms with Gasteiger partial charge in [0.25, 0.3) is 0 Å². The third-order valence-electron chi connectivity index (χ3n) is 3.02. The molecule has 19 heavy (non-hydrogen) atoms. The van der Waals surface area contributed by atoms with Crippen molar-refractivity contribution in [3.8, 4) is 0 Å². The van der Waals surface area contributed by atoms with Crippen molar-refractivity contribution in [2.75, 3.05) is 19.7 Å². The quantitative estimate of drug-likeness (QED) is 0.618. The van der Waals surface area contributed by atoms with E-state index in [0.717, 1.165) is 6.42 Å². The van der Waals surface area contributed by atoms with Crippen LogP contribution < -0.4 is 10.6 Å². The Morgan fingerprint density at radius 2 is 1.84 bits per heavy atom. The predicted molar refractivity (Wildman–Crippen MR) is 75.6 cm³/mol. The van der Waals surface area contributed by atoms with Gasteiger partial charge in [0.05, 0.1) is 0 Å². The highest BCUT2D eigenvalue weighted by molar-refractivity contribution is 5.82. The number of carbonyl (C=O) groups excluding carboxylic acids is 2. The Morgan fingerprint density at radius 3 is 2.32 bits per heavy atom. The largest absolute Gasteiger partial charge is 0.396 e. The SMILES string of the molecule is CCC(CCO)CNC(=O)CCNC(=O)C(C)(C)C. The maximum absolute atomic E-state index is 11.6. The number of carbonyl (C=O) groups is 2. The molecule has 112 valence electrons. The smallest absolute Gasteiger partial charge is 0.225 e. The first kappa shape index (κ1) is 17.9. The molecule has 0 saturated carbocycles. The molecule has 0 fully saturated rings. The molecule has 0 saturated heterocycles. The second-order valence-corrected chi connectivity index (χ2v) is 5.85. The summed E-state index contributed by atoms with van der Waals surface area (Å²) in [6.45, 7) is 8.64. The minimum absolute atomic E-state index is 0.0491. The van der Waals surface area contributed by atoms with Crippen LogP contribution >= 0.6 is 0 Å². The lowest BCUT2D eigenvalue weighted by molar-refractivity contribution is -0.128. The molecule has 0 aromatic rings. The highest BCUT2D eigenvalue weighted by atomic mass is 16.3. The highest BCUT2D eigenvalue weighted by Crippen LogP contribution is 2.12. The molecule has 0 aliphatic carbocycles. The molecule has 0 bridgehead atoms. The first-order valence-electron chi connectivity index (χ1n) is 6.97. The van der Waals surface area contributed by atoms with Crippen molar-refractivity contribution in [3.05, 3.63) is 0 Å². The molecular formula is C14H28N2O3. The second-order valence-electron chi connectivity index (χ2n) is 5.85. The van der Waals surface area contributed by atoms with Crippen LogP contribution in [0, 0.1) is 11.3 Å². The summed E-state index contributed by atoms with van der Waals surface area (Å²) in [5.41, 5.74) is -0.426. The Morgan fingerprint density at radius 1 is 1.21 bits per heavy atom. The van der Waals surface area contributed by atoms with Gasteiger partial charge in [0.15, 0.2) is 0 Å². The Kier molecular flexibility index (Phi) is 8.39. The average molecular weight is 272 g/mol. The molecule has 0 radical (unpaired) electrons. The van der Waals surface area contributed by atoms with E-state index >= 15 is 0 Å². The monoisotopic (exact) mass is 272 g/mol. The van der Waals surface area contributed by atoms with E-state index in [1.807, 2.05) is 27.7 Å². The van der Waals surface area contributed by atoms with E-state index in [9.17, 15) is 9.59 Å². The van der Waals surface area contributed by atoms with Crippen LogP contribution in [0.25, 0.3) is 0 Å². The van der Waals surface area contributed by atoms with Gasteiger partial charge in [-0.1, -0.05) is 34.1 Å². The Balaban J connectivity index is 3.79. The standard InChI is InChI=1S/C14H28N2O3/c1-5-11(7-9-17)10-16-12(18)6-8-15-13(19)14(2,3)4/h11,17H,5-10H2,1-4H3,(H,15,19)(H,16,18). The van der Waals surface area contributed by atoms with Crippen LogP contribution in [0.2, 0.25) is 0 Å². The summed E-state index contributed by atoms with van der Waals surface area (Å²) in [6.07, 6.45) is 1.93. The first-order chi connectivity index (χ1) is 8.81. The molecule has 0 heterocycles. The number of amides is 2. The lowest BCUT2D eigenvalue weighted by Gasteiger charge is -2.18. The lowest BCUT2D eigenvalue weighted by atomic mass is 9.96. The van der Waals surface area contributed by atoms with Crippen LogP contribution in [-0.4, -0.2) is 36.6 Å². The van der Waals surface area contributed by atoms with E-state index in [1.54, 1.807) is 0 Å². The minimum Gasteiger partial charge on any atom is -0.396 e. The topological polar surface area (TPSA) is 78.4 Å². The molecular weight excluding hydrogens is 244 g/mol. The van der Waals surface area contributed by atoms with Crippen LogP contribution in [0.5, 0.6) is 0 Å². The van der Waals surface area contributed by atoms with Crippen molar-refractivity contribution < 1.29 is 14.7 Å². The van der Waals surface area contributed by atoms with Crippen LogP contribution in [0.1, 0.15) is 47.0 Å². The number of aliphatic hydroxyl groups is 1. The zero-order valence-corrected chi connectivity index (χ0v) is 12.6. The van der Waals surface area contributed by atoms with Gasteiger partial charge in [-0.2, -0.15) is 0 Å². The molecule has 3 N–H and O–H groups in total. The molecule has 1 atom stereocenters. The Hall–Kier alpha value is -1.10. The molecule has 5 nitrogen and oxygen atoms in total. The van der Waals surface area contributed by atoms with Crippen molar-refractivity contribution in [3.63, 3.8) is 0 Å². The fourth-order valence-electron chi connectivity index (χ4n) is 1.53. The minimum atomic E-state index is -0.426. The molecule has 5 heteroatoms. The van der Waals surface area contributed by atoms with Gasteiger partial charge in [0.2, 0.25) is 11.8 Å². The molecule has 0 spiro atoms. The van der Waals surface area contributed by atoms with Gasteiger partial charge in [0, 0.05) is 31.5 Å². The number of rotatable bonds is 8. The highest BCUT2D eigenvalue weighted by Gasteiger charge is 2.20. The molecule has 0 aromatic carbocycles. The van der Waals surface area contributed by atoms with E-state index in [1.165, 1.54) is 0 Å². The zero-order valence-electron chi connectivity index (χ0n) is 12.6. The average Bonchev–Trinajstić information content (AvgIpc) is 2.33. The van der Waals surface area contributed by atoms with Crippen molar-refractivity contribution in [2.45, 2.75) is 47.0 Å². The Bertz CT molecular complexity index is 285. The number of aliphatic hydroxyl groups excluding tert-OH is 1. The van der Waals surface area contributed by atoms with Gasteiger partial charge in [-0.3, -0.25) is 9.59 Å². The van der Waals surface area contributed by atoms with E-state index in [4.69, 9.17) is 5.11 Å². The molecule has 0 aromatic heterocycles. The molecule has 2 amide bonds. The van der Waals surface area contributed by atoms with Crippen LogP contribution in [-0.2, 0) is 9.59 Å². The van der Waals surface area contributed by atoms with Gasteiger partial charge in [0.1, 0.15) is 0 Å². The van der Waals surface area contributed by atoms with Crippen molar-refractivity contribution in [2.24, 2.45) is 11.3 Å². The maximum Gasteiger partial charge on any atom is 0.225 e. The summed E-state index contributed by atoms with van der Waals surface area (Å²) in [7, 11) is 0. The fraction of sp³-hybridized carbons (Fsp3) is 0.857. The van der Waals surface area contributed by atoms with Crippen molar-refractivity contribution >= 4 is 11.8 Å². The zero-order chi connectivity index (χ0) is 14.9. The van der Waals surface area contributed by atoms with E-state index in [0.29, 0.717) is 25.4 Å². The number of hydrogen-bond acceptors (Lipinski definition) is 3. The van der Waals surface area contributed by atoms with Gasteiger partial charge in [-0.15, -0.1) is 0 Å². The van der Waals surface area contributed by atoms with Crippen molar-refractivity contribution in [1.82, 2.24) is 10.6 Å². The van der Waals surface area contributed by atoms with Crippen LogP contribution in [0.3, 0.4) is 0 Å². The summed E-state index contributed by atoms with van der Waals surface area (Å²) in [4.78, 5) is 23.1. The summed E-state index contributed by atoms with van der Waals surface area (Å²) >= 11 is 0. The summed E-state index contributed by atoms with van der Waals surface area (Å²) in [5.74, 6) is 0.204. The van der Waals surface area contributed by atoms with E-state index in [2.05, 4.69) is 10.6 Å². The molecule has 0 rings (SSSR count). The van der Waals surface area contributed by atoms with Gasteiger partial charge >= 0.3 is 0 Å². The van der Waals surface area contributed by atoms with Crippen molar-refractivity contribution in [1.29, 1.82) is 0 Å². The second kappa shape index (κ2) is 8.91. The summed E-state index contributed by atoms with van der Waals surface area (Å²) in [6, 6.07) is 0. The van der Waals surface area contributed by atoms with Crippen LogP contribution in [0.15, 0.2) is 0 Å². The molecule has 1 unspecified atom stereocenters. The van der Waals surface area contributed by atoms with Gasteiger partial charge in [-0.05, 0) is 12.3 Å². The van der Waals surface area contributed by atoms with Gasteiger partial charge in [-0.25, -0.2) is 0 Å². The van der Waals surface area contributed by atoms with E-state index in [-0.39, 0.29) is 24.8 Å². The number of nitrogens with one attached hydrogen (secondary N) is 2. The number of hydrogen-bond donors (Lipinski definition) is 3. The van der Waals surface area contributed by atoms with Gasteiger partial charge < -0.3 is 15.7 Å². The summed E-state index contributed by atoms with van der Waals surface area (Å²) < 4.78 is 0. The first-order valence-corrected chi connectivity index (χ1v) is 6.97. The van der Waals surface area contributed by atoms with Crippen LogP contribution in [0.4, 0.5) is 0 Å². The molecule has 0 aliphatic heterocycles. The Labute approximate surface area is 116 Å². The lowest BCUT2D eigenvalue weighted by Crippen LogP contribution is -2.38. The summed E-state index contributed by atoms with van der Waals surface area (Å²) in [5, 5.41) is 14.4. The molecule has 0 aliphatic rings. The maximum atomic E-state index is 11.6. The van der Waals surface area contributed by atoms with E-state index < -0.39 is 5.41 Å². The third kappa shape index (κ3) is 8.59.